The van der Waals surface area contributed by atoms with Crippen LogP contribution in [0.3, 0.4) is 0 Å². The first-order valence-electron chi connectivity index (χ1n) is 9.76. The van der Waals surface area contributed by atoms with Gasteiger partial charge < -0.3 is 10.1 Å². The molecule has 0 spiro atoms. The van der Waals surface area contributed by atoms with Crippen molar-refractivity contribution in [3.63, 3.8) is 0 Å². The number of ether oxygens (including phenoxy) is 1. The fraction of sp³-hybridized carbons (Fsp3) is 0.591. The summed E-state index contributed by atoms with van der Waals surface area (Å²) < 4.78 is 5.79. The zero-order valence-corrected chi connectivity index (χ0v) is 16.0. The Hall–Kier alpha value is -1.61. The number of carbonyl (C=O) groups is 1. The molecule has 1 aromatic carbocycles. The summed E-state index contributed by atoms with van der Waals surface area (Å²) >= 11 is 0. The largest absolute Gasteiger partial charge is 0.385 e. The summed E-state index contributed by atoms with van der Waals surface area (Å²) in [6.45, 7) is 7.55. The van der Waals surface area contributed by atoms with Gasteiger partial charge in [0.1, 0.15) is 0 Å². The molecule has 0 saturated carbocycles. The lowest BCUT2D eigenvalue weighted by atomic mass is 9.81. The first-order chi connectivity index (χ1) is 12.2. The summed E-state index contributed by atoms with van der Waals surface area (Å²) in [5.74, 6) is 0.804. The summed E-state index contributed by atoms with van der Waals surface area (Å²) in [7, 11) is 0. The molecule has 1 aliphatic heterocycles. The maximum absolute atomic E-state index is 12.1. The summed E-state index contributed by atoms with van der Waals surface area (Å²) in [6.07, 6.45) is 6.27. The Labute approximate surface area is 152 Å². The third-order valence-corrected chi connectivity index (χ3v) is 5.14. The third-order valence-electron chi connectivity index (χ3n) is 5.14. The molecule has 0 radical (unpaired) electrons. The number of allylic oxidation sites excluding steroid dienone is 2. The van der Waals surface area contributed by atoms with E-state index in [1.807, 2.05) is 18.2 Å². The second kappa shape index (κ2) is 10.4. The monoisotopic (exact) mass is 343 g/mol. The Morgan fingerprint density at radius 1 is 1.24 bits per heavy atom. The molecule has 138 valence electrons. The Morgan fingerprint density at radius 2 is 2.00 bits per heavy atom. The van der Waals surface area contributed by atoms with Crippen LogP contribution in [-0.2, 0) is 16.1 Å². The average molecular weight is 344 g/mol. The minimum absolute atomic E-state index is 0.223. The lowest BCUT2D eigenvalue weighted by Gasteiger charge is -2.35. The highest BCUT2D eigenvalue weighted by Crippen LogP contribution is 2.31. The third kappa shape index (κ3) is 6.00. The second-order valence-corrected chi connectivity index (χ2v) is 7.07. The first kappa shape index (κ1) is 19.7. The summed E-state index contributed by atoms with van der Waals surface area (Å²) in [5, 5.41) is 3.70. The van der Waals surface area contributed by atoms with E-state index in [0.717, 1.165) is 37.9 Å². The molecule has 0 aliphatic carbocycles. The Bertz CT molecular complexity index is 565. The van der Waals surface area contributed by atoms with Gasteiger partial charge in [-0.2, -0.15) is 0 Å². The van der Waals surface area contributed by atoms with E-state index >= 15 is 0 Å². The minimum Gasteiger partial charge on any atom is -0.385 e. The molecule has 2 rings (SSSR count). The van der Waals surface area contributed by atoms with Gasteiger partial charge in [-0.3, -0.25) is 4.79 Å². The normalized spacial score (nSPS) is 20.4. The van der Waals surface area contributed by atoms with E-state index in [0.29, 0.717) is 18.6 Å². The van der Waals surface area contributed by atoms with E-state index in [9.17, 15) is 4.79 Å². The molecule has 1 heterocycles. The Balaban J connectivity index is 1.87. The van der Waals surface area contributed by atoms with Crippen molar-refractivity contribution in [3.05, 3.63) is 47.2 Å². The van der Waals surface area contributed by atoms with Crippen molar-refractivity contribution >= 4 is 5.78 Å². The number of Topliss-reactive ketones (excluding diaryl/α,β-unsaturated/α-hetero) is 1. The van der Waals surface area contributed by atoms with E-state index in [4.69, 9.17) is 4.74 Å². The molecule has 0 unspecified atom stereocenters. The van der Waals surface area contributed by atoms with Gasteiger partial charge in [-0.15, -0.1) is 0 Å². The van der Waals surface area contributed by atoms with Crippen LogP contribution in [0, 0.1) is 5.92 Å². The molecular weight excluding hydrogens is 310 g/mol. The van der Waals surface area contributed by atoms with Crippen molar-refractivity contribution in [2.45, 2.75) is 71.9 Å². The van der Waals surface area contributed by atoms with Gasteiger partial charge >= 0.3 is 0 Å². The van der Waals surface area contributed by atoms with Gasteiger partial charge in [-0.1, -0.05) is 57.0 Å². The lowest BCUT2D eigenvalue weighted by molar-refractivity contribution is -0.114. The SMILES string of the molecule is CCC[C@H]1NC(CCCOCc2ccccc2)=C(C(C)=O)C[C@H]1CC. The van der Waals surface area contributed by atoms with E-state index in [2.05, 4.69) is 31.3 Å². The highest BCUT2D eigenvalue weighted by molar-refractivity contribution is 5.94. The predicted octanol–water partition coefficient (Wildman–Crippen LogP) is 5.01. The van der Waals surface area contributed by atoms with E-state index in [-0.39, 0.29) is 5.78 Å². The molecule has 0 aromatic heterocycles. The van der Waals surface area contributed by atoms with Crippen molar-refractivity contribution < 1.29 is 9.53 Å². The number of benzene rings is 1. The molecule has 2 atom stereocenters. The predicted molar refractivity (Wildman–Crippen MR) is 103 cm³/mol. The van der Waals surface area contributed by atoms with Gasteiger partial charge in [0.2, 0.25) is 0 Å². The fourth-order valence-corrected chi connectivity index (χ4v) is 3.70. The summed E-state index contributed by atoms with van der Waals surface area (Å²) in [6, 6.07) is 10.8. The highest BCUT2D eigenvalue weighted by Gasteiger charge is 2.29. The molecule has 0 amide bonds. The first-order valence-corrected chi connectivity index (χ1v) is 9.76. The average Bonchev–Trinajstić information content (AvgIpc) is 2.62. The number of nitrogens with one attached hydrogen (secondary N) is 1. The zero-order valence-electron chi connectivity index (χ0n) is 16.0. The van der Waals surface area contributed by atoms with E-state index < -0.39 is 0 Å². The molecule has 3 nitrogen and oxygen atoms in total. The standard InChI is InChI=1S/C22H33NO2/c1-4-10-21-19(5-2)15-20(17(3)24)22(23-21)13-9-14-25-16-18-11-7-6-8-12-18/h6-8,11-12,19,21,23H,4-5,9-10,13-16H2,1-3H3/t19-,21-/m1/s1. The number of rotatable bonds is 10. The lowest BCUT2D eigenvalue weighted by Crippen LogP contribution is -2.41. The molecule has 25 heavy (non-hydrogen) atoms. The van der Waals surface area contributed by atoms with Crippen LogP contribution in [0.2, 0.25) is 0 Å². The molecule has 1 N–H and O–H groups in total. The van der Waals surface area contributed by atoms with Crippen LogP contribution >= 0.6 is 0 Å². The zero-order chi connectivity index (χ0) is 18.1. The van der Waals surface area contributed by atoms with Crippen LogP contribution in [-0.4, -0.2) is 18.4 Å². The van der Waals surface area contributed by atoms with Gasteiger partial charge in [-0.25, -0.2) is 0 Å². The molecule has 0 bridgehead atoms. The molecule has 0 saturated heterocycles. The van der Waals surface area contributed by atoms with E-state index in [1.54, 1.807) is 6.92 Å². The molecule has 0 fully saturated rings. The molecule has 1 aromatic rings. The topological polar surface area (TPSA) is 38.3 Å². The van der Waals surface area contributed by atoms with Crippen LogP contribution in [0.15, 0.2) is 41.6 Å². The smallest absolute Gasteiger partial charge is 0.157 e. The van der Waals surface area contributed by atoms with Gasteiger partial charge in [0, 0.05) is 23.9 Å². The number of carbonyl (C=O) groups excluding carboxylic acids is 1. The number of hydrogen-bond acceptors (Lipinski definition) is 3. The van der Waals surface area contributed by atoms with Crippen LogP contribution < -0.4 is 5.32 Å². The van der Waals surface area contributed by atoms with E-state index in [1.165, 1.54) is 24.1 Å². The molecule has 1 aliphatic rings. The summed E-state index contributed by atoms with van der Waals surface area (Å²) in [4.78, 5) is 12.1. The van der Waals surface area contributed by atoms with Crippen molar-refractivity contribution in [2.24, 2.45) is 5.92 Å². The van der Waals surface area contributed by atoms with Gasteiger partial charge in [-0.05, 0) is 44.1 Å². The minimum atomic E-state index is 0.223. The Kier molecular flexibility index (Phi) is 8.20. The quantitative estimate of drug-likeness (QED) is 0.607. The molecular formula is C22H33NO2. The second-order valence-electron chi connectivity index (χ2n) is 7.07. The highest BCUT2D eigenvalue weighted by atomic mass is 16.5. The van der Waals surface area contributed by atoms with Crippen LogP contribution in [0.1, 0.15) is 64.9 Å². The van der Waals surface area contributed by atoms with Crippen LogP contribution in [0.4, 0.5) is 0 Å². The van der Waals surface area contributed by atoms with Crippen molar-refractivity contribution in [3.8, 4) is 0 Å². The maximum atomic E-state index is 12.1. The fourth-order valence-electron chi connectivity index (χ4n) is 3.70. The van der Waals surface area contributed by atoms with Gasteiger partial charge in [0.25, 0.3) is 0 Å². The van der Waals surface area contributed by atoms with Crippen LogP contribution in [0.5, 0.6) is 0 Å². The van der Waals surface area contributed by atoms with Gasteiger partial charge in [0.05, 0.1) is 6.61 Å². The van der Waals surface area contributed by atoms with Gasteiger partial charge in [0.15, 0.2) is 5.78 Å². The maximum Gasteiger partial charge on any atom is 0.157 e. The number of hydrogen-bond donors (Lipinski definition) is 1. The van der Waals surface area contributed by atoms with Crippen molar-refractivity contribution in [1.82, 2.24) is 5.32 Å². The van der Waals surface area contributed by atoms with Crippen LogP contribution in [0.25, 0.3) is 0 Å². The summed E-state index contributed by atoms with van der Waals surface area (Å²) in [5.41, 5.74) is 3.39. The van der Waals surface area contributed by atoms with Crippen molar-refractivity contribution in [1.29, 1.82) is 0 Å². The molecule has 3 heteroatoms. The Morgan fingerprint density at radius 3 is 2.64 bits per heavy atom. The number of ketones is 1. The van der Waals surface area contributed by atoms with Crippen molar-refractivity contribution in [2.75, 3.05) is 6.61 Å².